The molecule has 2 aromatic rings. The van der Waals surface area contributed by atoms with Gasteiger partial charge in [-0.05, 0) is 52.0 Å². The summed E-state index contributed by atoms with van der Waals surface area (Å²) in [6, 6.07) is 2.67. The second-order valence-corrected chi connectivity index (χ2v) is 6.77. The molecule has 0 radical (unpaired) electrons. The Labute approximate surface area is 135 Å². The van der Waals surface area contributed by atoms with Crippen LogP contribution in [0.25, 0.3) is 0 Å². The van der Waals surface area contributed by atoms with Gasteiger partial charge in [0.15, 0.2) is 0 Å². The van der Waals surface area contributed by atoms with Gasteiger partial charge in [0.1, 0.15) is 12.2 Å². The second-order valence-electron chi connectivity index (χ2n) is 6.77. The summed E-state index contributed by atoms with van der Waals surface area (Å²) in [5.41, 5.74) is 3.15. The van der Waals surface area contributed by atoms with Gasteiger partial charge in [-0.15, -0.1) is 0 Å². The van der Waals surface area contributed by atoms with E-state index in [0.717, 1.165) is 42.9 Å². The van der Waals surface area contributed by atoms with Crippen LogP contribution < -0.4 is 0 Å². The van der Waals surface area contributed by atoms with Gasteiger partial charge in [0.2, 0.25) is 0 Å². The van der Waals surface area contributed by atoms with E-state index in [-0.39, 0.29) is 11.9 Å². The number of rotatable bonds is 3. The standard InChI is InChI=1S/C17H23N5O/c1-11-9-14(12(2)22(11)13-6-7-13)17(23)21-8-4-3-5-15(21)16-18-10-19-20-16/h9-10,13,15H,3-8H2,1-2H3,(H,18,19,20)/t15-/m1/s1. The number of aromatic nitrogens is 4. The molecule has 0 aromatic carbocycles. The van der Waals surface area contributed by atoms with Crippen molar-refractivity contribution in [2.75, 3.05) is 6.54 Å². The van der Waals surface area contributed by atoms with Crippen LogP contribution >= 0.6 is 0 Å². The molecular formula is C17H23N5O. The Bertz CT molecular complexity index is 714. The lowest BCUT2D eigenvalue weighted by Gasteiger charge is -2.34. The number of nitrogens with zero attached hydrogens (tertiary/aromatic N) is 4. The van der Waals surface area contributed by atoms with Crippen LogP contribution in [0.5, 0.6) is 0 Å². The highest BCUT2D eigenvalue weighted by atomic mass is 16.2. The lowest BCUT2D eigenvalue weighted by molar-refractivity contribution is 0.0599. The second kappa shape index (κ2) is 5.51. The van der Waals surface area contributed by atoms with Crippen molar-refractivity contribution < 1.29 is 4.79 Å². The Hall–Kier alpha value is -2.11. The Kier molecular flexibility index (Phi) is 3.47. The summed E-state index contributed by atoms with van der Waals surface area (Å²) in [5, 5.41) is 6.90. The van der Waals surface area contributed by atoms with Gasteiger partial charge in [0.25, 0.3) is 5.91 Å². The molecule has 1 amide bonds. The van der Waals surface area contributed by atoms with Crippen LogP contribution in [0.3, 0.4) is 0 Å². The maximum atomic E-state index is 13.2. The summed E-state index contributed by atoms with van der Waals surface area (Å²) in [4.78, 5) is 19.4. The van der Waals surface area contributed by atoms with Gasteiger partial charge < -0.3 is 9.47 Å². The maximum absolute atomic E-state index is 13.2. The minimum Gasteiger partial charge on any atom is -0.345 e. The van der Waals surface area contributed by atoms with E-state index in [0.29, 0.717) is 6.04 Å². The van der Waals surface area contributed by atoms with Crippen molar-refractivity contribution in [1.29, 1.82) is 0 Å². The van der Waals surface area contributed by atoms with Gasteiger partial charge in [-0.1, -0.05) is 0 Å². The monoisotopic (exact) mass is 313 g/mol. The average Bonchev–Trinajstić information content (AvgIpc) is 3.14. The largest absolute Gasteiger partial charge is 0.345 e. The number of aromatic amines is 1. The fourth-order valence-corrected chi connectivity index (χ4v) is 3.88. The molecule has 23 heavy (non-hydrogen) atoms. The summed E-state index contributed by atoms with van der Waals surface area (Å²) >= 11 is 0. The minimum absolute atomic E-state index is 0.0164. The van der Waals surface area contributed by atoms with Crippen molar-refractivity contribution in [2.24, 2.45) is 0 Å². The molecule has 2 aromatic heterocycles. The molecule has 1 aliphatic carbocycles. The van der Waals surface area contributed by atoms with Crippen molar-refractivity contribution >= 4 is 5.91 Å². The highest BCUT2D eigenvalue weighted by Crippen LogP contribution is 2.39. The molecule has 122 valence electrons. The van der Waals surface area contributed by atoms with Crippen LogP contribution in [-0.2, 0) is 0 Å². The van der Waals surface area contributed by atoms with E-state index in [2.05, 4.69) is 39.7 Å². The van der Waals surface area contributed by atoms with Crippen LogP contribution in [0.1, 0.15) is 71.8 Å². The number of H-pyrrole nitrogens is 1. The van der Waals surface area contributed by atoms with Gasteiger partial charge in [0.05, 0.1) is 11.6 Å². The smallest absolute Gasteiger partial charge is 0.256 e. The van der Waals surface area contributed by atoms with Crippen LogP contribution in [-0.4, -0.2) is 37.1 Å². The van der Waals surface area contributed by atoms with Crippen molar-refractivity contribution in [3.63, 3.8) is 0 Å². The van der Waals surface area contributed by atoms with Gasteiger partial charge in [0, 0.05) is 24.0 Å². The molecule has 1 saturated carbocycles. The molecule has 1 saturated heterocycles. The lowest BCUT2D eigenvalue weighted by atomic mass is 10.00. The first-order valence-electron chi connectivity index (χ1n) is 8.51. The quantitative estimate of drug-likeness (QED) is 0.947. The fraction of sp³-hybridized carbons (Fsp3) is 0.588. The highest BCUT2D eigenvalue weighted by molar-refractivity contribution is 5.96. The molecule has 1 N–H and O–H groups in total. The number of hydrogen-bond acceptors (Lipinski definition) is 3. The summed E-state index contributed by atoms with van der Waals surface area (Å²) in [5.74, 6) is 0.931. The number of hydrogen-bond donors (Lipinski definition) is 1. The van der Waals surface area contributed by atoms with E-state index in [1.807, 2.05) is 4.90 Å². The topological polar surface area (TPSA) is 66.8 Å². The zero-order valence-corrected chi connectivity index (χ0v) is 13.7. The molecule has 2 fully saturated rings. The van der Waals surface area contributed by atoms with E-state index in [4.69, 9.17) is 0 Å². The molecule has 6 heteroatoms. The van der Waals surface area contributed by atoms with Gasteiger partial charge in [-0.25, -0.2) is 4.98 Å². The van der Waals surface area contributed by atoms with E-state index in [9.17, 15) is 4.79 Å². The summed E-state index contributed by atoms with van der Waals surface area (Å²) in [7, 11) is 0. The molecule has 2 aliphatic rings. The average molecular weight is 313 g/mol. The zero-order valence-electron chi connectivity index (χ0n) is 13.7. The van der Waals surface area contributed by atoms with E-state index < -0.39 is 0 Å². The number of amides is 1. The molecular weight excluding hydrogens is 290 g/mol. The summed E-state index contributed by atoms with van der Waals surface area (Å²) in [6.45, 7) is 4.97. The van der Waals surface area contributed by atoms with Crippen LogP contribution in [0.15, 0.2) is 12.4 Å². The third-order valence-electron chi connectivity index (χ3n) is 5.14. The molecule has 1 atom stereocenters. The zero-order chi connectivity index (χ0) is 16.0. The Morgan fingerprint density at radius 1 is 1.26 bits per heavy atom. The van der Waals surface area contributed by atoms with Gasteiger partial charge in [-0.3, -0.25) is 9.89 Å². The van der Waals surface area contributed by atoms with Crippen molar-refractivity contribution in [3.8, 4) is 0 Å². The number of likely N-dealkylation sites (tertiary alicyclic amines) is 1. The number of carbonyl (C=O) groups is 1. The number of carbonyl (C=O) groups excluding carboxylic acids is 1. The first kappa shape index (κ1) is 14.5. The molecule has 0 spiro atoms. The highest BCUT2D eigenvalue weighted by Gasteiger charge is 2.34. The van der Waals surface area contributed by atoms with Crippen LogP contribution in [0.2, 0.25) is 0 Å². The van der Waals surface area contributed by atoms with Crippen LogP contribution in [0.4, 0.5) is 0 Å². The molecule has 0 bridgehead atoms. The predicted octanol–water partition coefficient (Wildman–Crippen LogP) is 2.93. The van der Waals surface area contributed by atoms with E-state index >= 15 is 0 Å². The molecule has 1 aliphatic heterocycles. The fourth-order valence-electron chi connectivity index (χ4n) is 3.88. The lowest BCUT2D eigenvalue weighted by Crippen LogP contribution is -2.39. The van der Waals surface area contributed by atoms with Crippen molar-refractivity contribution in [3.05, 3.63) is 35.2 Å². The van der Waals surface area contributed by atoms with Gasteiger partial charge in [-0.2, -0.15) is 5.10 Å². The predicted molar refractivity (Wildman–Crippen MR) is 86.2 cm³/mol. The Morgan fingerprint density at radius 3 is 2.78 bits per heavy atom. The SMILES string of the molecule is Cc1cc(C(=O)N2CCCC[C@@H]2c2ncn[nH]2)c(C)n1C1CC1. The third kappa shape index (κ3) is 2.46. The molecule has 0 unspecified atom stereocenters. The maximum Gasteiger partial charge on any atom is 0.256 e. The first-order valence-corrected chi connectivity index (χ1v) is 8.51. The van der Waals surface area contributed by atoms with Gasteiger partial charge >= 0.3 is 0 Å². The summed E-state index contributed by atoms with van der Waals surface area (Å²) in [6.07, 6.45) is 7.10. The van der Waals surface area contributed by atoms with E-state index in [1.165, 1.54) is 24.9 Å². The third-order valence-corrected chi connectivity index (χ3v) is 5.14. The Balaban J connectivity index is 1.66. The van der Waals surface area contributed by atoms with E-state index in [1.54, 1.807) is 0 Å². The van der Waals surface area contributed by atoms with Crippen LogP contribution in [0, 0.1) is 13.8 Å². The number of aryl methyl sites for hydroxylation is 1. The first-order chi connectivity index (χ1) is 11.2. The minimum atomic E-state index is 0.0164. The Morgan fingerprint density at radius 2 is 2.09 bits per heavy atom. The molecule has 4 rings (SSSR count). The molecule has 3 heterocycles. The normalized spacial score (nSPS) is 21.7. The number of piperidine rings is 1. The molecule has 6 nitrogen and oxygen atoms in total. The van der Waals surface area contributed by atoms with Crippen molar-refractivity contribution in [2.45, 2.75) is 58.0 Å². The summed E-state index contributed by atoms with van der Waals surface area (Å²) < 4.78 is 2.33. The van der Waals surface area contributed by atoms with Crippen molar-refractivity contribution in [1.82, 2.24) is 24.6 Å². The number of nitrogens with one attached hydrogen (secondary N) is 1.